The summed E-state index contributed by atoms with van der Waals surface area (Å²) in [7, 11) is 0. The molecular weight excluding hydrogens is 367 g/mol. The van der Waals surface area contributed by atoms with E-state index in [9.17, 15) is 19.2 Å². The van der Waals surface area contributed by atoms with Crippen LogP contribution in [0.5, 0.6) is 0 Å². The van der Waals surface area contributed by atoms with Gasteiger partial charge in [0.25, 0.3) is 5.56 Å². The number of nitriles is 1. The third-order valence-corrected chi connectivity index (χ3v) is 5.74. The van der Waals surface area contributed by atoms with Crippen LogP contribution in [0.3, 0.4) is 0 Å². The van der Waals surface area contributed by atoms with Gasteiger partial charge >= 0.3 is 0 Å². The summed E-state index contributed by atoms with van der Waals surface area (Å²) in [4.78, 5) is 29.4. The molecule has 0 amide bonds. The number of fused-ring (bicyclic) bond motifs is 2. The Labute approximate surface area is 155 Å². The number of benzene rings is 1. The second-order valence-corrected chi connectivity index (χ2v) is 7.32. The molecule has 8 heteroatoms. The Morgan fingerprint density at radius 3 is 2.85 bits per heavy atom. The van der Waals surface area contributed by atoms with E-state index in [0.717, 1.165) is 24.4 Å². The fourth-order valence-corrected chi connectivity index (χ4v) is 4.40. The molecule has 0 atom stereocenters. The summed E-state index contributed by atoms with van der Waals surface area (Å²) >= 11 is 1.12. The molecule has 0 spiro atoms. The molecule has 132 valence electrons. The average Bonchev–Trinajstić information content (AvgIpc) is 3.44. The molecule has 0 saturated heterocycles. The quantitative estimate of drug-likeness (QED) is 0.579. The van der Waals surface area contributed by atoms with E-state index in [1.807, 2.05) is 10.6 Å². The van der Waals surface area contributed by atoms with Gasteiger partial charge in [-0.1, -0.05) is 0 Å². The molecule has 5 rings (SSSR count). The first-order valence-corrected chi connectivity index (χ1v) is 9.15. The Morgan fingerprint density at radius 1 is 1.30 bits per heavy atom. The van der Waals surface area contributed by atoms with Crippen molar-refractivity contribution in [1.82, 2.24) is 13.9 Å². The lowest BCUT2D eigenvalue weighted by Crippen LogP contribution is -2.15. The zero-order chi connectivity index (χ0) is 18.7. The van der Waals surface area contributed by atoms with Crippen molar-refractivity contribution in [2.45, 2.75) is 18.9 Å². The topological polar surface area (TPSA) is 91.5 Å². The minimum absolute atomic E-state index is 0.0770. The van der Waals surface area contributed by atoms with Gasteiger partial charge in [0, 0.05) is 34.9 Å². The number of hydrogen-bond acceptors (Lipinski definition) is 5. The first kappa shape index (κ1) is 15.9. The molecule has 1 aromatic carbocycles. The van der Waals surface area contributed by atoms with Crippen LogP contribution < -0.4 is 11.0 Å². The van der Waals surface area contributed by atoms with Crippen molar-refractivity contribution in [3.8, 4) is 17.2 Å². The number of rotatable bonds is 2. The van der Waals surface area contributed by atoms with Gasteiger partial charge in [-0.25, -0.2) is 4.39 Å². The predicted octanol–water partition coefficient (Wildman–Crippen LogP) is 3.31. The number of aromatic nitrogens is 3. The average molecular weight is 378 g/mol. The Kier molecular flexibility index (Phi) is 3.29. The summed E-state index contributed by atoms with van der Waals surface area (Å²) in [6, 6.07) is 6.55. The van der Waals surface area contributed by atoms with E-state index >= 15 is 0 Å². The van der Waals surface area contributed by atoms with Crippen LogP contribution in [0.15, 0.2) is 40.2 Å². The molecule has 1 fully saturated rings. The lowest BCUT2D eigenvalue weighted by Gasteiger charge is -2.14. The SMILES string of the molecule is N#Cc1cnccc1-c1cc2c(cc1F)c(=O)c1c(=O)[nH]sc1n2C1CC1. The van der Waals surface area contributed by atoms with Gasteiger partial charge in [0.1, 0.15) is 22.1 Å². The molecule has 3 heterocycles. The van der Waals surface area contributed by atoms with Gasteiger partial charge in [0.05, 0.1) is 11.1 Å². The number of hydrogen-bond donors (Lipinski definition) is 1. The molecule has 3 aromatic heterocycles. The van der Waals surface area contributed by atoms with Crippen molar-refractivity contribution in [2.24, 2.45) is 0 Å². The van der Waals surface area contributed by atoms with Crippen molar-refractivity contribution in [2.75, 3.05) is 0 Å². The zero-order valence-electron chi connectivity index (χ0n) is 13.8. The summed E-state index contributed by atoms with van der Waals surface area (Å²) in [6.07, 6.45) is 4.75. The van der Waals surface area contributed by atoms with E-state index in [1.165, 1.54) is 18.5 Å². The monoisotopic (exact) mass is 378 g/mol. The molecule has 6 nitrogen and oxygen atoms in total. The van der Waals surface area contributed by atoms with Crippen LogP contribution in [0, 0.1) is 17.1 Å². The maximum Gasteiger partial charge on any atom is 0.271 e. The highest BCUT2D eigenvalue weighted by molar-refractivity contribution is 7.12. The fourth-order valence-electron chi connectivity index (χ4n) is 3.47. The first-order valence-electron chi connectivity index (χ1n) is 8.33. The van der Waals surface area contributed by atoms with Gasteiger partial charge in [0.2, 0.25) is 5.43 Å². The van der Waals surface area contributed by atoms with Crippen molar-refractivity contribution in [1.29, 1.82) is 5.26 Å². The van der Waals surface area contributed by atoms with Crippen LogP contribution in [0.2, 0.25) is 0 Å². The Balaban J connectivity index is 1.95. The van der Waals surface area contributed by atoms with E-state index in [2.05, 4.69) is 9.36 Å². The Hall–Kier alpha value is -3.31. The third-order valence-electron chi connectivity index (χ3n) is 4.86. The van der Waals surface area contributed by atoms with E-state index in [0.29, 0.717) is 15.9 Å². The van der Waals surface area contributed by atoms with Gasteiger partial charge < -0.3 is 4.57 Å². The van der Waals surface area contributed by atoms with Gasteiger partial charge in [-0.2, -0.15) is 5.26 Å². The first-order chi connectivity index (χ1) is 13.1. The van der Waals surface area contributed by atoms with Gasteiger partial charge in [-0.05, 0) is 42.6 Å². The van der Waals surface area contributed by atoms with E-state index in [-0.39, 0.29) is 27.9 Å². The van der Waals surface area contributed by atoms with Crippen molar-refractivity contribution >= 4 is 32.7 Å². The normalized spacial score (nSPS) is 13.9. The number of aromatic amines is 1. The van der Waals surface area contributed by atoms with Crippen molar-refractivity contribution in [3.63, 3.8) is 0 Å². The van der Waals surface area contributed by atoms with Crippen LogP contribution in [0.4, 0.5) is 4.39 Å². The molecule has 27 heavy (non-hydrogen) atoms. The maximum atomic E-state index is 14.9. The number of pyridine rings is 2. The van der Waals surface area contributed by atoms with E-state index < -0.39 is 16.8 Å². The highest BCUT2D eigenvalue weighted by Gasteiger charge is 2.29. The number of nitrogens with zero attached hydrogens (tertiary/aromatic N) is 3. The molecule has 4 aromatic rings. The lowest BCUT2D eigenvalue weighted by molar-refractivity contribution is 0.632. The molecule has 1 aliphatic rings. The van der Waals surface area contributed by atoms with Crippen molar-refractivity contribution in [3.05, 3.63) is 62.6 Å². The zero-order valence-corrected chi connectivity index (χ0v) is 14.6. The summed E-state index contributed by atoms with van der Waals surface area (Å²) < 4.78 is 19.5. The Bertz CT molecular complexity index is 1410. The number of halogens is 1. The molecule has 1 N–H and O–H groups in total. The minimum atomic E-state index is -0.615. The smallest absolute Gasteiger partial charge is 0.271 e. The Morgan fingerprint density at radius 2 is 2.11 bits per heavy atom. The molecule has 0 bridgehead atoms. The van der Waals surface area contributed by atoms with Gasteiger partial charge in [-0.3, -0.25) is 18.9 Å². The molecule has 0 aliphatic heterocycles. The van der Waals surface area contributed by atoms with Crippen LogP contribution in [-0.2, 0) is 0 Å². The predicted molar refractivity (Wildman–Crippen MR) is 100 cm³/mol. The third kappa shape index (κ3) is 2.25. The molecule has 0 unspecified atom stereocenters. The van der Waals surface area contributed by atoms with Gasteiger partial charge in [-0.15, -0.1) is 0 Å². The summed E-state index contributed by atoms with van der Waals surface area (Å²) in [5.74, 6) is -0.615. The second kappa shape index (κ2) is 5.59. The van der Waals surface area contributed by atoms with Crippen LogP contribution in [0.1, 0.15) is 24.4 Å². The van der Waals surface area contributed by atoms with Crippen molar-refractivity contribution < 1.29 is 4.39 Å². The molecule has 1 saturated carbocycles. The fraction of sp³-hybridized carbons (Fsp3) is 0.158. The molecule has 1 aliphatic carbocycles. The lowest BCUT2D eigenvalue weighted by atomic mass is 9.99. The number of H-pyrrole nitrogens is 1. The largest absolute Gasteiger partial charge is 0.328 e. The molecule has 0 radical (unpaired) electrons. The summed E-state index contributed by atoms with van der Waals surface area (Å²) in [5, 5.41) is 9.57. The maximum absolute atomic E-state index is 14.9. The van der Waals surface area contributed by atoms with E-state index in [1.54, 1.807) is 12.1 Å². The van der Waals surface area contributed by atoms with Crippen LogP contribution in [-0.4, -0.2) is 13.9 Å². The highest BCUT2D eigenvalue weighted by Crippen LogP contribution is 2.41. The highest BCUT2D eigenvalue weighted by atomic mass is 32.1. The minimum Gasteiger partial charge on any atom is -0.328 e. The standard InChI is InChI=1S/C19H11FN4O2S/c20-14-5-13-15(6-12(14)11-3-4-22-8-9(11)7-21)24(10-1-2-10)19-16(17(13)25)18(26)23-27-19/h3-6,8,10H,1-2H2,(H,23,26). The number of nitrogens with one attached hydrogen (secondary N) is 1. The van der Waals surface area contributed by atoms with Gasteiger partial charge in [0.15, 0.2) is 0 Å². The van der Waals surface area contributed by atoms with Crippen LogP contribution in [0.25, 0.3) is 32.2 Å². The summed E-state index contributed by atoms with van der Waals surface area (Å²) in [5.41, 5.74) is 0.564. The van der Waals surface area contributed by atoms with E-state index in [4.69, 9.17) is 0 Å². The summed E-state index contributed by atoms with van der Waals surface area (Å²) in [6.45, 7) is 0. The molecular formula is C19H11FN4O2S. The van der Waals surface area contributed by atoms with Crippen LogP contribution >= 0.6 is 11.5 Å². The second-order valence-electron chi connectivity index (χ2n) is 6.53.